The summed E-state index contributed by atoms with van der Waals surface area (Å²) in [6.07, 6.45) is 2.67. The number of benzene rings is 1. The fourth-order valence-electron chi connectivity index (χ4n) is 9.34. The number of aliphatic hydroxyl groups is 1. The Hall–Kier alpha value is -0.680. The van der Waals surface area contributed by atoms with E-state index < -0.39 is 11.8 Å². The first-order valence-corrected chi connectivity index (χ1v) is 14.4. The zero-order valence-electron chi connectivity index (χ0n) is 20.9. The van der Waals surface area contributed by atoms with Gasteiger partial charge in [0.25, 0.3) is 0 Å². The molecule has 4 fully saturated rings. The van der Waals surface area contributed by atoms with E-state index in [1.54, 1.807) is 0 Å². The molecule has 0 radical (unpaired) electrons. The summed E-state index contributed by atoms with van der Waals surface area (Å²) in [5.41, 5.74) is -2.16. The van der Waals surface area contributed by atoms with Crippen molar-refractivity contribution in [3.8, 4) is 0 Å². The zero-order valence-corrected chi connectivity index (χ0v) is 21.7. The van der Waals surface area contributed by atoms with Crippen LogP contribution in [0.1, 0.15) is 78.6 Å². The van der Waals surface area contributed by atoms with Crippen LogP contribution >= 0.6 is 11.8 Å². The van der Waals surface area contributed by atoms with Gasteiger partial charge < -0.3 is 5.11 Å². The molecule has 4 saturated carbocycles. The molecule has 4 aliphatic carbocycles. The number of rotatable bonds is 4. The number of fused-ring (bicyclic) bond motifs is 5. The fraction of sp³-hybridized carbons (Fsp3) is 0.793. The predicted molar refractivity (Wildman–Crippen MR) is 133 cm³/mol. The summed E-state index contributed by atoms with van der Waals surface area (Å²) in [6, 6.07) is 10.7. The topological polar surface area (TPSA) is 20.2 Å². The van der Waals surface area contributed by atoms with Crippen molar-refractivity contribution >= 4 is 11.8 Å². The maximum Gasteiger partial charge on any atom is 0.417 e. The molecular formula is C29H41F3OS. The lowest BCUT2D eigenvalue weighted by Crippen LogP contribution is -2.59. The number of thioether (sulfide) groups is 1. The molecule has 9 atom stereocenters. The van der Waals surface area contributed by atoms with Gasteiger partial charge in [-0.1, -0.05) is 39.0 Å². The minimum Gasteiger partial charge on any atom is -0.380 e. The summed E-state index contributed by atoms with van der Waals surface area (Å²) in [7, 11) is 0. The molecule has 0 aliphatic heterocycles. The minimum atomic E-state index is -4.51. The van der Waals surface area contributed by atoms with Gasteiger partial charge in [-0.15, -0.1) is 11.8 Å². The van der Waals surface area contributed by atoms with Crippen LogP contribution in [0.15, 0.2) is 35.2 Å². The molecule has 34 heavy (non-hydrogen) atoms. The van der Waals surface area contributed by atoms with E-state index in [1.165, 1.54) is 24.2 Å². The average Bonchev–Trinajstić information content (AvgIpc) is 3.15. The van der Waals surface area contributed by atoms with Crippen molar-refractivity contribution in [2.45, 2.75) is 95.2 Å². The molecule has 5 rings (SSSR count). The third kappa shape index (κ3) is 3.96. The third-order valence-corrected chi connectivity index (χ3v) is 12.6. The predicted octanol–water partition coefficient (Wildman–Crippen LogP) is 8.37. The van der Waals surface area contributed by atoms with Crippen LogP contribution < -0.4 is 0 Å². The maximum atomic E-state index is 13.6. The SMILES string of the molecule is C[C@@H](CSc1ccccc1)C1CCC2C3CCC4C[C@](O)(C(F)(F)F)CCC4(C)C3CCC21C. The van der Waals surface area contributed by atoms with Gasteiger partial charge in [0.1, 0.15) is 0 Å². The van der Waals surface area contributed by atoms with Crippen molar-refractivity contribution in [2.75, 3.05) is 5.75 Å². The van der Waals surface area contributed by atoms with Crippen molar-refractivity contribution in [3.63, 3.8) is 0 Å². The minimum absolute atomic E-state index is 0.00289. The molecule has 1 nitrogen and oxygen atoms in total. The Morgan fingerprint density at radius 3 is 2.35 bits per heavy atom. The van der Waals surface area contributed by atoms with Crippen LogP contribution in [-0.4, -0.2) is 22.6 Å². The lowest BCUT2D eigenvalue weighted by atomic mass is 9.43. The fourth-order valence-corrected chi connectivity index (χ4v) is 10.4. The molecule has 0 amide bonds. The first kappa shape index (κ1) is 25.0. The number of halogens is 3. The highest BCUT2D eigenvalue weighted by Crippen LogP contribution is 2.69. The van der Waals surface area contributed by atoms with E-state index in [-0.39, 0.29) is 24.2 Å². The van der Waals surface area contributed by atoms with Crippen molar-refractivity contribution in [1.29, 1.82) is 0 Å². The molecular weight excluding hydrogens is 453 g/mol. The summed E-state index contributed by atoms with van der Waals surface area (Å²) in [6.45, 7) is 7.27. The Balaban J connectivity index is 1.29. The summed E-state index contributed by atoms with van der Waals surface area (Å²) in [5, 5.41) is 10.5. The van der Waals surface area contributed by atoms with Crippen molar-refractivity contribution in [2.24, 2.45) is 46.3 Å². The van der Waals surface area contributed by atoms with E-state index in [2.05, 4.69) is 51.1 Å². The third-order valence-electron chi connectivity index (χ3n) is 11.3. The van der Waals surface area contributed by atoms with Crippen LogP contribution in [0.5, 0.6) is 0 Å². The monoisotopic (exact) mass is 494 g/mol. The second kappa shape index (κ2) is 8.71. The smallest absolute Gasteiger partial charge is 0.380 e. The highest BCUT2D eigenvalue weighted by molar-refractivity contribution is 7.99. The second-order valence-electron chi connectivity index (χ2n) is 12.7. The van der Waals surface area contributed by atoms with Crippen LogP contribution in [0, 0.1) is 46.3 Å². The van der Waals surface area contributed by atoms with Gasteiger partial charge in [0.15, 0.2) is 5.60 Å². The van der Waals surface area contributed by atoms with Crippen LogP contribution in [0.3, 0.4) is 0 Å². The van der Waals surface area contributed by atoms with E-state index in [0.717, 1.165) is 30.9 Å². The second-order valence-corrected chi connectivity index (χ2v) is 13.8. The van der Waals surface area contributed by atoms with E-state index in [9.17, 15) is 18.3 Å². The number of hydrogen-bond donors (Lipinski definition) is 1. The molecule has 5 heteroatoms. The zero-order chi connectivity index (χ0) is 24.4. The van der Waals surface area contributed by atoms with Gasteiger partial charge in [-0.25, -0.2) is 0 Å². The van der Waals surface area contributed by atoms with Gasteiger partial charge in [0.2, 0.25) is 0 Å². The van der Waals surface area contributed by atoms with Gasteiger partial charge >= 0.3 is 6.18 Å². The molecule has 0 bridgehead atoms. The van der Waals surface area contributed by atoms with E-state index in [1.807, 2.05) is 11.8 Å². The summed E-state index contributed by atoms with van der Waals surface area (Å²) < 4.78 is 40.8. The Morgan fingerprint density at radius 1 is 0.941 bits per heavy atom. The van der Waals surface area contributed by atoms with Crippen molar-refractivity contribution in [1.82, 2.24) is 0 Å². The highest BCUT2D eigenvalue weighted by Gasteiger charge is 2.65. The molecule has 0 saturated heterocycles. The molecule has 0 aromatic heterocycles. The first-order valence-electron chi connectivity index (χ1n) is 13.4. The lowest BCUT2D eigenvalue weighted by molar-refractivity contribution is -0.290. The van der Waals surface area contributed by atoms with Gasteiger partial charge in [-0.05, 0) is 116 Å². The Bertz CT molecular complexity index is 874. The molecule has 0 heterocycles. The Morgan fingerprint density at radius 2 is 1.65 bits per heavy atom. The molecule has 4 aliphatic rings. The Labute approximate surface area is 207 Å². The largest absolute Gasteiger partial charge is 0.417 e. The van der Waals surface area contributed by atoms with E-state index in [4.69, 9.17) is 0 Å². The lowest BCUT2D eigenvalue weighted by Gasteiger charge is -2.62. The van der Waals surface area contributed by atoms with E-state index >= 15 is 0 Å². The van der Waals surface area contributed by atoms with Crippen LogP contribution in [0.4, 0.5) is 13.2 Å². The maximum absolute atomic E-state index is 13.6. The van der Waals surface area contributed by atoms with Gasteiger partial charge in [-0.3, -0.25) is 0 Å². The normalized spacial score (nSPS) is 45.2. The standard InChI is InChI=1S/C29H41F3OS/c1-19(18-34-21-7-5-4-6-8-21)23-11-12-24-22-10-9-20-17-28(33,29(30,31)32)16-15-26(20,2)25(22)13-14-27(23,24)3/h4-8,19-20,22-25,33H,9-18H2,1-3H3/t19-,20?,22?,23?,24?,25?,26?,27?,28-/m0/s1. The van der Waals surface area contributed by atoms with Crippen LogP contribution in [0.2, 0.25) is 0 Å². The van der Waals surface area contributed by atoms with Crippen molar-refractivity contribution in [3.05, 3.63) is 30.3 Å². The molecule has 190 valence electrons. The first-order chi connectivity index (χ1) is 16.0. The molecule has 7 unspecified atom stereocenters. The van der Waals surface area contributed by atoms with Gasteiger partial charge in [0, 0.05) is 10.6 Å². The molecule has 1 aromatic carbocycles. The molecule has 1 N–H and O–H groups in total. The number of alkyl halides is 3. The molecule has 0 spiro atoms. The number of hydrogen-bond acceptors (Lipinski definition) is 2. The van der Waals surface area contributed by atoms with Gasteiger partial charge in [0.05, 0.1) is 0 Å². The summed E-state index contributed by atoms with van der Waals surface area (Å²) in [5.74, 6) is 4.44. The van der Waals surface area contributed by atoms with Crippen LogP contribution in [0.25, 0.3) is 0 Å². The highest BCUT2D eigenvalue weighted by atomic mass is 32.2. The summed E-state index contributed by atoms with van der Waals surface area (Å²) in [4.78, 5) is 1.35. The van der Waals surface area contributed by atoms with Crippen LogP contribution in [-0.2, 0) is 0 Å². The summed E-state index contributed by atoms with van der Waals surface area (Å²) >= 11 is 1.98. The van der Waals surface area contributed by atoms with Crippen molar-refractivity contribution < 1.29 is 18.3 Å². The average molecular weight is 495 g/mol. The molecule has 1 aromatic rings. The van der Waals surface area contributed by atoms with Gasteiger partial charge in [-0.2, -0.15) is 13.2 Å². The Kier molecular flexibility index (Phi) is 6.40. The van der Waals surface area contributed by atoms with E-state index in [0.29, 0.717) is 35.5 Å². The quantitative estimate of drug-likeness (QED) is 0.424.